The molecule has 0 aliphatic carbocycles. The fourth-order valence-corrected chi connectivity index (χ4v) is 0.174. The molecule has 0 aromatic carbocycles. The van der Waals surface area contributed by atoms with Gasteiger partial charge in [-0.05, 0) is 6.92 Å². The Morgan fingerprint density at radius 1 is 1.86 bits per heavy atom. The van der Waals surface area contributed by atoms with Crippen molar-refractivity contribution in [3.63, 3.8) is 0 Å². The fourth-order valence-electron chi connectivity index (χ4n) is 0.174. The molecular formula is C5H9O2. The first-order valence-corrected chi connectivity index (χ1v) is 1.92. The van der Waals surface area contributed by atoms with Gasteiger partial charge in [0, 0.05) is 7.00 Å². The van der Waals surface area contributed by atoms with Crippen molar-refractivity contribution < 1.29 is 11.0 Å². The van der Waals surface area contributed by atoms with Gasteiger partial charge in [-0.2, -0.15) is 0 Å². The molecule has 0 fully saturated rings. The molecule has 2 nitrogen and oxygen atoms in total. The molecule has 1 radical (unpaired) electrons. The predicted octanol–water partition coefficient (Wildman–Crippen LogP) is 0.848. The Bertz CT molecular complexity index is 98.6. The van der Waals surface area contributed by atoms with E-state index in [2.05, 4.69) is 11.3 Å². The number of esters is 1. The summed E-state index contributed by atoms with van der Waals surface area (Å²) in [5.41, 5.74) is 0.433. The summed E-state index contributed by atoms with van der Waals surface area (Å²) in [4.78, 5) is 10.2. The molecule has 0 bridgehead atoms. The monoisotopic (exact) mass is 102 g/mol. The first-order valence-electron chi connectivity index (χ1n) is 1.92. The molecule has 0 saturated heterocycles. The van der Waals surface area contributed by atoms with Gasteiger partial charge in [0.05, 0.1) is 7.11 Å². The van der Waals surface area contributed by atoms with Gasteiger partial charge in [0.1, 0.15) is 0 Å². The Balaban J connectivity index is 0. The van der Waals surface area contributed by atoms with Crippen LogP contribution in [-0.4, -0.2) is 13.1 Å². The summed E-state index contributed by atoms with van der Waals surface area (Å²) >= 11 is 0. The predicted molar refractivity (Wildman–Crippen MR) is 27.9 cm³/mol. The molecular weight excluding hydrogens is 92.1 g/mol. The summed E-state index contributed by atoms with van der Waals surface area (Å²) in [5, 5.41) is 0. The third-order valence-corrected chi connectivity index (χ3v) is 0.534. The van der Waals surface area contributed by atoms with Crippen LogP contribution in [0.1, 0.15) is 8.35 Å². The Kier molecular flexibility index (Phi) is 2.12. The highest BCUT2D eigenvalue weighted by Crippen LogP contribution is 1.87. The maximum absolute atomic E-state index is 10.2. The van der Waals surface area contributed by atoms with E-state index in [1.54, 1.807) is 6.92 Å². The smallest absolute Gasteiger partial charge is 0.332 e. The number of carbonyl (C=O) groups is 1. The second kappa shape index (κ2) is 2.39. The lowest BCUT2D eigenvalue weighted by molar-refractivity contribution is -0.135. The molecule has 0 aliphatic heterocycles. The van der Waals surface area contributed by atoms with Crippen molar-refractivity contribution in [1.29, 1.82) is 0 Å². The Labute approximate surface area is 44.3 Å². The van der Waals surface area contributed by atoms with E-state index in [4.69, 9.17) is 0 Å². The van der Waals surface area contributed by atoms with Crippen LogP contribution in [0.5, 0.6) is 0 Å². The summed E-state index contributed by atoms with van der Waals surface area (Å²) in [7, 11) is 1.33. The van der Waals surface area contributed by atoms with E-state index < -0.39 is 0 Å². The number of ether oxygens (including phenoxy) is 1. The van der Waals surface area contributed by atoms with Crippen LogP contribution in [0, 0.1) is 0 Å². The van der Waals surface area contributed by atoms with Crippen LogP contribution in [0.25, 0.3) is 0 Å². The second-order valence-corrected chi connectivity index (χ2v) is 1.27. The second-order valence-electron chi connectivity index (χ2n) is 1.27. The molecule has 0 N–H and O–H groups in total. The highest BCUT2D eigenvalue weighted by atomic mass is 16.5. The lowest BCUT2D eigenvalue weighted by atomic mass is 10.4. The zero-order chi connectivity index (χ0) is 5.86. The molecule has 0 atom stereocenters. The van der Waals surface area contributed by atoms with E-state index in [0.717, 1.165) is 0 Å². The van der Waals surface area contributed by atoms with Crippen LogP contribution < -0.4 is 0 Å². The summed E-state index contributed by atoms with van der Waals surface area (Å²) in [6.45, 7) is 4.95. The van der Waals surface area contributed by atoms with Gasteiger partial charge < -0.3 is 4.74 Å². The zero-order valence-electron chi connectivity index (χ0n) is 5.52. The van der Waals surface area contributed by atoms with Gasteiger partial charge in [-0.3, -0.25) is 0 Å². The van der Waals surface area contributed by atoms with Crippen molar-refractivity contribution in [3.8, 4) is 0 Å². The first kappa shape index (κ1) is 6.21. The minimum atomic E-state index is -0.347. The number of carbonyl (C=O) groups excluding carboxylic acids is 1. The zero-order valence-corrected chi connectivity index (χ0v) is 4.52. The number of methoxy groups -OCH3 is 1. The molecule has 2 heteroatoms. The standard InChI is InChI=1S/C5H8O2.H/c1-4(2)5(6)7-3;/h1H2,2-3H3;/i;1+1. The van der Waals surface area contributed by atoms with Gasteiger partial charge in [0.15, 0.2) is 0 Å². The summed E-state index contributed by atoms with van der Waals surface area (Å²) < 4.78 is 4.27. The molecule has 0 amide bonds. The average molecular weight is 102 g/mol. The van der Waals surface area contributed by atoms with Crippen LogP contribution >= 0.6 is 0 Å². The molecule has 0 rings (SSSR count). The first-order chi connectivity index (χ1) is 3.18. The lowest BCUT2D eigenvalue weighted by Crippen LogP contribution is -1.98. The van der Waals surface area contributed by atoms with E-state index in [1.807, 2.05) is 0 Å². The molecule has 0 heterocycles. The van der Waals surface area contributed by atoms with Gasteiger partial charge in [-0.1, -0.05) is 6.58 Å². The van der Waals surface area contributed by atoms with Crippen molar-refractivity contribution in [2.24, 2.45) is 0 Å². The number of hydrogen-bond acceptors (Lipinski definition) is 2. The largest absolute Gasteiger partial charge is 0.466 e. The van der Waals surface area contributed by atoms with E-state index in [-0.39, 0.29) is 7.40 Å². The van der Waals surface area contributed by atoms with Crippen LogP contribution in [0.4, 0.5) is 0 Å². The quantitative estimate of drug-likeness (QED) is 0.362. The summed E-state index contributed by atoms with van der Waals surface area (Å²) in [6.07, 6.45) is 0. The van der Waals surface area contributed by atoms with Gasteiger partial charge in [-0.15, -0.1) is 0 Å². The molecule has 0 spiro atoms. The molecule has 0 aromatic heterocycles. The minimum absolute atomic E-state index is 0. The summed E-state index contributed by atoms with van der Waals surface area (Å²) in [5.74, 6) is -0.347. The third-order valence-electron chi connectivity index (χ3n) is 0.534. The molecule has 0 aromatic rings. The highest BCUT2D eigenvalue weighted by Gasteiger charge is 1.95. The minimum Gasteiger partial charge on any atom is -0.466 e. The topological polar surface area (TPSA) is 26.3 Å². The third kappa shape index (κ3) is 1.98. The van der Waals surface area contributed by atoms with Gasteiger partial charge in [0.25, 0.3) is 0 Å². The molecule has 0 unspecified atom stereocenters. The van der Waals surface area contributed by atoms with Crippen LogP contribution in [0.15, 0.2) is 12.2 Å². The normalized spacial score (nSPS) is 7.71. The fraction of sp³-hybridized carbons (Fsp3) is 0.400. The Morgan fingerprint density at radius 2 is 2.29 bits per heavy atom. The van der Waals surface area contributed by atoms with Gasteiger partial charge in [-0.25, -0.2) is 4.79 Å². The highest BCUT2D eigenvalue weighted by molar-refractivity contribution is 5.86. The molecule has 0 saturated carbocycles. The van der Waals surface area contributed by atoms with E-state index >= 15 is 0 Å². The van der Waals surface area contributed by atoms with Crippen molar-refractivity contribution in [3.05, 3.63) is 12.2 Å². The lowest BCUT2D eigenvalue weighted by Gasteiger charge is -1.91. The Morgan fingerprint density at radius 3 is 2.29 bits per heavy atom. The van der Waals surface area contributed by atoms with Crippen molar-refractivity contribution >= 4 is 5.97 Å². The van der Waals surface area contributed by atoms with Crippen molar-refractivity contribution in [2.45, 2.75) is 6.92 Å². The Hall–Kier alpha value is -0.790. The SMILES string of the molecule is C=C(C)C(=O)OC.[2H]. The van der Waals surface area contributed by atoms with Crippen molar-refractivity contribution in [2.75, 3.05) is 7.11 Å². The van der Waals surface area contributed by atoms with E-state index in [1.165, 1.54) is 7.11 Å². The summed E-state index contributed by atoms with van der Waals surface area (Å²) in [6, 6.07) is 0. The van der Waals surface area contributed by atoms with Crippen LogP contribution in [0.3, 0.4) is 0 Å². The number of rotatable bonds is 1. The van der Waals surface area contributed by atoms with E-state index in [9.17, 15) is 4.79 Å². The van der Waals surface area contributed by atoms with Gasteiger partial charge >= 0.3 is 5.97 Å². The van der Waals surface area contributed by atoms with Gasteiger partial charge in [0.2, 0.25) is 0 Å². The average Bonchev–Trinajstić information content (AvgIpc) is 1.65. The molecule has 7 heavy (non-hydrogen) atoms. The number of hydrogen-bond donors (Lipinski definition) is 0. The van der Waals surface area contributed by atoms with E-state index in [0.29, 0.717) is 5.57 Å². The van der Waals surface area contributed by atoms with Crippen LogP contribution in [-0.2, 0) is 9.53 Å². The maximum atomic E-state index is 10.2. The molecule has 41 valence electrons. The molecule has 0 aliphatic rings. The van der Waals surface area contributed by atoms with Crippen LogP contribution in [0.2, 0.25) is 0 Å². The maximum Gasteiger partial charge on any atom is 0.332 e. The van der Waals surface area contributed by atoms with Crippen molar-refractivity contribution in [1.82, 2.24) is 0 Å².